The Morgan fingerprint density at radius 2 is 2.56 bits per heavy atom. The van der Waals surface area contributed by atoms with Gasteiger partial charge in [0.25, 0.3) is 5.79 Å². The number of esters is 1. The van der Waals surface area contributed by atoms with E-state index in [0.717, 1.165) is 0 Å². The van der Waals surface area contributed by atoms with Crippen molar-refractivity contribution in [2.45, 2.75) is 12.7 Å². The molecule has 0 aromatic heterocycles. The first-order valence-corrected chi connectivity index (χ1v) is 2.41. The van der Waals surface area contributed by atoms with Crippen LogP contribution < -0.4 is 0 Å². The first-order valence-electron chi connectivity index (χ1n) is 2.41. The lowest BCUT2D eigenvalue weighted by molar-refractivity contribution is -0.362. The molecule has 0 aliphatic carbocycles. The van der Waals surface area contributed by atoms with Crippen molar-refractivity contribution in [3.63, 3.8) is 0 Å². The van der Waals surface area contributed by atoms with Crippen LogP contribution in [0.15, 0.2) is 12.2 Å². The summed E-state index contributed by atoms with van der Waals surface area (Å²) in [6.07, 6.45) is 2.52. The topological polar surface area (TPSA) is 55.8 Å². The lowest BCUT2D eigenvalue weighted by atomic mass is 10.3. The summed E-state index contributed by atoms with van der Waals surface area (Å²) in [4.78, 5) is 14.2. The van der Waals surface area contributed by atoms with Crippen LogP contribution in [0.2, 0.25) is 0 Å². The van der Waals surface area contributed by atoms with Gasteiger partial charge in [0.2, 0.25) is 0 Å². The zero-order chi connectivity index (χ0) is 6.91. The molecule has 9 heavy (non-hydrogen) atoms. The minimum absolute atomic E-state index is 0.508. The predicted octanol–water partition coefficient (Wildman–Crippen LogP) is 0.305. The van der Waals surface area contributed by atoms with Crippen molar-refractivity contribution in [3.8, 4) is 0 Å². The average molecular weight is 130 g/mol. The van der Waals surface area contributed by atoms with Gasteiger partial charge in [0.15, 0.2) is 0 Å². The lowest BCUT2D eigenvalue weighted by Gasteiger charge is -2.15. The number of hydrogen-bond acceptors (Lipinski definition) is 4. The highest BCUT2D eigenvalue weighted by molar-refractivity contribution is 5.84. The molecule has 50 valence electrons. The second-order valence-corrected chi connectivity index (χ2v) is 1.86. The van der Waals surface area contributed by atoms with E-state index in [1.54, 1.807) is 0 Å². The van der Waals surface area contributed by atoms with Crippen LogP contribution in [0.3, 0.4) is 0 Å². The Balaban J connectivity index is 2.68. The lowest BCUT2D eigenvalue weighted by Crippen LogP contribution is -2.25. The molecule has 1 aliphatic heterocycles. The molecule has 0 saturated carbocycles. The summed E-state index contributed by atoms with van der Waals surface area (Å²) in [6.45, 7) is 1.42. The maximum absolute atomic E-state index is 10.3. The molecule has 0 fully saturated rings. The number of rotatable bonds is 1. The Labute approximate surface area is 51.6 Å². The molecule has 0 spiro atoms. The molecule has 1 aliphatic rings. The average Bonchev–Trinajstić information content (AvgIpc) is 2.13. The summed E-state index contributed by atoms with van der Waals surface area (Å²) in [5.74, 6) is -1.77. The molecule has 1 heterocycles. The minimum atomic E-state index is -1.27. The zero-order valence-electron chi connectivity index (χ0n) is 4.83. The molecule has 1 N–H and O–H groups in total. The van der Waals surface area contributed by atoms with E-state index in [9.17, 15) is 4.79 Å². The molecule has 0 bridgehead atoms. The van der Waals surface area contributed by atoms with E-state index in [2.05, 4.69) is 9.62 Å². The largest absolute Gasteiger partial charge is 0.424 e. The number of cyclic esters (lactones) is 1. The van der Waals surface area contributed by atoms with Crippen LogP contribution in [-0.2, 0) is 14.4 Å². The summed E-state index contributed by atoms with van der Waals surface area (Å²) in [7, 11) is 0. The maximum atomic E-state index is 10.3. The third kappa shape index (κ3) is 1.09. The van der Waals surface area contributed by atoms with Crippen molar-refractivity contribution in [2.75, 3.05) is 0 Å². The van der Waals surface area contributed by atoms with E-state index in [-0.39, 0.29) is 0 Å². The highest BCUT2D eigenvalue weighted by Crippen LogP contribution is 2.18. The fraction of sp³-hybridized carbons (Fsp3) is 0.400. The third-order valence-electron chi connectivity index (χ3n) is 1.01. The smallest absolute Gasteiger partial charge is 0.333 e. The van der Waals surface area contributed by atoms with E-state index in [0.29, 0.717) is 0 Å². The van der Waals surface area contributed by atoms with E-state index >= 15 is 0 Å². The van der Waals surface area contributed by atoms with Crippen molar-refractivity contribution in [1.29, 1.82) is 0 Å². The quantitative estimate of drug-likeness (QED) is 0.315. The van der Waals surface area contributed by atoms with Crippen molar-refractivity contribution < 1.29 is 19.7 Å². The summed E-state index contributed by atoms with van der Waals surface area (Å²) in [5.41, 5.74) is 0. The summed E-state index contributed by atoms with van der Waals surface area (Å²) in [6, 6.07) is 0. The monoisotopic (exact) mass is 130 g/mol. The number of carbonyl (C=O) groups excluding carboxylic acids is 1. The Hall–Kier alpha value is -0.870. The molecular weight excluding hydrogens is 124 g/mol. The van der Waals surface area contributed by atoms with Crippen molar-refractivity contribution in [3.05, 3.63) is 12.2 Å². The van der Waals surface area contributed by atoms with Gasteiger partial charge in [0.1, 0.15) is 0 Å². The van der Waals surface area contributed by atoms with Crippen molar-refractivity contribution in [2.24, 2.45) is 0 Å². The Kier molecular flexibility index (Phi) is 1.27. The fourth-order valence-electron chi connectivity index (χ4n) is 0.536. The Morgan fingerprint density at radius 3 is 2.78 bits per heavy atom. The van der Waals surface area contributed by atoms with Gasteiger partial charge in [0.05, 0.1) is 0 Å². The highest BCUT2D eigenvalue weighted by atomic mass is 17.1. The van der Waals surface area contributed by atoms with Gasteiger partial charge in [-0.15, -0.1) is 0 Å². The van der Waals surface area contributed by atoms with Crippen LogP contribution in [0, 0.1) is 0 Å². The molecule has 4 nitrogen and oxygen atoms in total. The molecule has 1 rings (SSSR count). The van der Waals surface area contributed by atoms with Crippen molar-refractivity contribution in [1.82, 2.24) is 0 Å². The molecule has 1 atom stereocenters. The van der Waals surface area contributed by atoms with Gasteiger partial charge in [0, 0.05) is 13.0 Å². The zero-order valence-corrected chi connectivity index (χ0v) is 4.83. The molecule has 0 aromatic rings. The summed E-state index contributed by atoms with van der Waals surface area (Å²) in [5, 5.41) is 8.11. The standard InChI is InChI=1S/C5H6O4/c1-5(9-7)3-2-4(6)8-5/h2-3,7H,1H3. The number of hydrogen-bond donors (Lipinski definition) is 1. The number of ether oxygens (including phenoxy) is 1. The molecule has 0 aromatic carbocycles. The van der Waals surface area contributed by atoms with Gasteiger partial charge in [-0.05, 0) is 6.08 Å². The van der Waals surface area contributed by atoms with Crippen LogP contribution in [0.25, 0.3) is 0 Å². The first kappa shape index (κ1) is 6.25. The van der Waals surface area contributed by atoms with E-state index < -0.39 is 11.8 Å². The van der Waals surface area contributed by atoms with Crippen LogP contribution >= 0.6 is 0 Å². The second-order valence-electron chi connectivity index (χ2n) is 1.86. The molecule has 0 saturated heterocycles. The summed E-state index contributed by atoms with van der Waals surface area (Å²) < 4.78 is 4.48. The van der Waals surface area contributed by atoms with Gasteiger partial charge in [-0.3, -0.25) is 0 Å². The molecule has 1 unspecified atom stereocenters. The molecule has 0 radical (unpaired) electrons. The van der Waals surface area contributed by atoms with Crippen LogP contribution in [-0.4, -0.2) is 17.0 Å². The van der Waals surface area contributed by atoms with Crippen LogP contribution in [0.5, 0.6) is 0 Å². The maximum Gasteiger partial charge on any atom is 0.333 e. The third-order valence-corrected chi connectivity index (χ3v) is 1.01. The number of carbonyl (C=O) groups is 1. The van der Waals surface area contributed by atoms with E-state index in [1.165, 1.54) is 19.1 Å². The Morgan fingerprint density at radius 1 is 1.89 bits per heavy atom. The summed E-state index contributed by atoms with van der Waals surface area (Å²) >= 11 is 0. The second kappa shape index (κ2) is 1.82. The first-order chi connectivity index (χ1) is 4.16. The Bertz CT molecular complexity index is 162. The van der Waals surface area contributed by atoms with Gasteiger partial charge in [-0.1, -0.05) is 0 Å². The van der Waals surface area contributed by atoms with Crippen LogP contribution in [0.4, 0.5) is 0 Å². The van der Waals surface area contributed by atoms with E-state index in [1.807, 2.05) is 0 Å². The highest BCUT2D eigenvalue weighted by Gasteiger charge is 2.31. The van der Waals surface area contributed by atoms with Gasteiger partial charge in [-0.25, -0.2) is 10.1 Å². The normalized spacial score (nSPS) is 32.9. The van der Waals surface area contributed by atoms with Gasteiger partial charge >= 0.3 is 5.97 Å². The fourth-order valence-corrected chi connectivity index (χ4v) is 0.536. The predicted molar refractivity (Wildman–Crippen MR) is 27.4 cm³/mol. The minimum Gasteiger partial charge on any atom is -0.424 e. The molecule has 0 amide bonds. The van der Waals surface area contributed by atoms with E-state index in [4.69, 9.17) is 5.26 Å². The SMILES string of the molecule is CC1(OO)C=CC(=O)O1. The van der Waals surface area contributed by atoms with Crippen LogP contribution in [0.1, 0.15) is 6.92 Å². The van der Waals surface area contributed by atoms with Gasteiger partial charge in [-0.2, -0.15) is 4.89 Å². The molecular formula is C5H6O4. The van der Waals surface area contributed by atoms with Crippen molar-refractivity contribution >= 4 is 5.97 Å². The molecule has 4 heteroatoms. The van der Waals surface area contributed by atoms with Gasteiger partial charge < -0.3 is 4.74 Å².